The average Bonchev–Trinajstić information content (AvgIpc) is 3.66. The van der Waals surface area contributed by atoms with Crippen molar-refractivity contribution in [2.24, 2.45) is 0 Å². The van der Waals surface area contributed by atoms with Crippen LogP contribution in [0.3, 0.4) is 0 Å². The first-order valence-corrected chi connectivity index (χ1v) is 13.8. The van der Waals surface area contributed by atoms with E-state index in [1.54, 1.807) is 18.3 Å². The van der Waals surface area contributed by atoms with Crippen LogP contribution < -0.4 is 14.8 Å². The number of hydrogen-bond acceptors (Lipinski definition) is 11. The van der Waals surface area contributed by atoms with Crippen molar-refractivity contribution in [1.29, 1.82) is 0 Å². The van der Waals surface area contributed by atoms with Gasteiger partial charge in [-0.1, -0.05) is 6.58 Å². The van der Waals surface area contributed by atoms with Gasteiger partial charge in [-0.3, -0.25) is 19.5 Å². The third kappa shape index (κ3) is 6.10. The maximum Gasteiger partial charge on any atom is 0.280 e. The molecule has 3 aromatic rings. The normalized spacial score (nSPS) is 18.5. The number of carbonyl (C=O) groups excluding carboxylic acids is 1. The summed E-state index contributed by atoms with van der Waals surface area (Å²) in [6.07, 6.45) is 8.01. The van der Waals surface area contributed by atoms with Gasteiger partial charge in [0.2, 0.25) is 15.9 Å². The molecule has 14 heteroatoms. The van der Waals surface area contributed by atoms with Gasteiger partial charge in [-0.2, -0.15) is 0 Å². The van der Waals surface area contributed by atoms with E-state index < -0.39 is 28.1 Å². The Morgan fingerprint density at radius 1 is 1.24 bits per heavy atom. The Hall–Kier alpha value is -3.46. The number of hydrogen-bond donors (Lipinski definition) is 2. The highest BCUT2D eigenvalue weighted by atomic mass is 32.2. The highest BCUT2D eigenvalue weighted by Gasteiger charge is 2.36. The molecule has 37 heavy (non-hydrogen) atoms. The third-order valence-corrected chi connectivity index (χ3v) is 8.48. The molecule has 2 fully saturated rings. The first-order valence-electron chi connectivity index (χ1n) is 11.5. The first-order chi connectivity index (χ1) is 17.9. The molecule has 12 nitrogen and oxygen atoms in total. The van der Waals surface area contributed by atoms with Crippen LogP contribution in [-0.4, -0.2) is 65.4 Å². The number of nitrogens with zero attached hydrogens (tertiary/aromatic N) is 4. The van der Waals surface area contributed by atoms with Crippen molar-refractivity contribution in [1.82, 2.24) is 25.3 Å². The zero-order chi connectivity index (χ0) is 25.8. The predicted molar refractivity (Wildman–Crippen MR) is 135 cm³/mol. The number of aromatic nitrogens is 4. The molecule has 2 aliphatic rings. The molecule has 4 heterocycles. The van der Waals surface area contributed by atoms with E-state index in [0.29, 0.717) is 48.0 Å². The van der Waals surface area contributed by atoms with Gasteiger partial charge in [0.15, 0.2) is 5.01 Å². The van der Waals surface area contributed by atoms with Crippen molar-refractivity contribution in [3.63, 3.8) is 0 Å². The van der Waals surface area contributed by atoms with Crippen molar-refractivity contribution in [3.05, 3.63) is 60.5 Å². The van der Waals surface area contributed by atoms with Gasteiger partial charge in [0, 0.05) is 12.4 Å². The number of pyridine rings is 1. The maximum absolute atomic E-state index is 13.2. The van der Waals surface area contributed by atoms with E-state index >= 15 is 0 Å². The molecular weight excluding hydrogens is 520 g/mol. The Morgan fingerprint density at radius 2 is 2.11 bits per heavy atom. The van der Waals surface area contributed by atoms with Crippen molar-refractivity contribution in [2.75, 3.05) is 24.5 Å². The molecule has 1 saturated heterocycles. The van der Waals surface area contributed by atoms with Gasteiger partial charge in [-0.15, -0.1) is 11.3 Å². The lowest BCUT2D eigenvalue weighted by atomic mass is 10.1. The second-order valence-electron chi connectivity index (χ2n) is 8.31. The number of sulfonamides is 1. The van der Waals surface area contributed by atoms with Gasteiger partial charge in [0.25, 0.3) is 5.91 Å². The number of thiazole rings is 1. The van der Waals surface area contributed by atoms with E-state index in [2.05, 4.69) is 36.6 Å². The zero-order valence-electron chi connectivity index (χ0n) is 19.6. The minimum atomic E-state index is -3.46. The second-order valence-corrected chi connectivity index (χ2v) is 11.3. The van der Waals surface area contributed by atoms with Crippen LogP contribution in [0.2, 0.25) is 0 Å². The van der Waals surface area contributed by atoms with Crippen LogP contribution in [0, 0.1) is 0 Å². The van der Waals surface area contributed by atoms with Crippen LogP contribution in [0.15, 0.2) is 49.8 Å². The smallest absolute Gasteiger partial charge is 0.280 e. The Morgan fingerprint density at radius 3 is 2.86 bits per heavy atom. The number of nitrogens with one attached hydrogen (secondary N) is 2. The second kappa shape index (κ2) is 10.9. The van der Waals surface area contributed by atoms with Gasteiger partial charge in [-0.25, -0.2) is 18.4 Å². The first kappa shape index (κ1) is 25.2. The molecule has 1 saturated carbocycles. The molecule has 0 bridgehead atoms. The fraction of sp³-hybridized carbons (Fsp3) is 0.348. The number of anilines is 1. The van der Waals surface area contributed by atoms with E-state index in [4.69, 9.17) is 14.2 Å². The van der Waals surface area contributed by atoms with Crippen LogP contribution in [0.1, 0.15) is 34.4 Å². The minimum Gasteiger partial charge on any atom is -0.446 e. The van der Waals surface area contributed by atoms with E-state index in [1.165, 1.54) is 24.9 Å². The van der Waals surface area contributed by atoms with Crippen molar-refractivity contribution >= 4 is 33.0 Å². The Kier molecular flexibility index (Phi) is 7.41. The van der Waals surface area contributed by atoms with Crippen LogP contribution in [0.25, 0.3) is 10.6 Å². The number of amides is 1. The third-order valence-electron chi connectivity index (χ3n) is 5.59. The van der Waals surface area contributed by atoms with Gasteiger partial charge < -0.3 is 19.5 Å². The SMILES string of the molecule is C=COc1cncc(-c2cnc(C(=O)N[C@H](c3cc(NS(=O)(=O)C4CC4)ccn3)[C@@H]3COCCO3)s2)n1. The lowest BCUT2D eigenvalue weighted by molar-refractivity contribution is -0.101. The molecule has 0 spiro atoms. The molecule has 194 valence electrons. The van der Waals surface area contributed by atoms with E-state index in [0.717, 1.165) is 11.3 Å². The quantitative estimate of drug-likeness (QED) is 0.363. The fourth-order valence-corrected chi connectivity index (χ4v) is 5.83. The summed E-state index contributed by atoms with van der Waals surface area (Å²) in [5, 5.41) is 2.75. The standard InChI is InChI=1S/C23H24N6O6S2/c1-2-34-20-12-24-10-17(27-20)19-11-26-23(36-19)22(30)28-21(18-13-33-7-8-35-18)16-9-14(5-6-25-16)29-37(31,32)15-3-4-15/h2,5-6,9-12,15,18,21H,1,3-4,7-8,13H2,(H,25,29)(H,28,30)/t18-,21+/m0/s1. The summed E-state index contributed by atoms with van der Waals surface area (Å²) in [4.78, 5) is 30.9. The summed E-state index contributed by atoms with van der Waals surface area (Å²) < 4.78 is 44.0. The molecule has 2 atom stereocenters. The highest BCUT2D eigenvalue weighted by Crippen LogP contribution is 2.31. The number of carbonyl (C=O) groups is 1. The van der Waals surface area contributed by atoms with E-state index in [9.17, 15) is 13.2 Å². The topological polar surface area (TPSA) is 155 Å². The average molecular weight is 545 g/mol. The Balaban J connectivity index is 1.37. The van der Waals surface area contributed by atoms with Gasteiger partial charge in [0.05, 0.1) is 60.0 Å². The van der Waals surface area contributed by atoms with Gasteiger partial charge >= 0.3 is 0 Å². The van der Waals surface area contributed by atoms with Crippen molar-refractivity contribution in [3.8, 4) is 16.5 Å². The number of ether oxygens (including phenoxy) is 3. The molecule has 1 amide bonds. The molecule has 2 N–H and O–H groups in total. The van der Waals surface area contributed by atoms with E-state index in [-0.39, 0.29) is 22.7 Å². The van der Waals surface area contributed by atoms with Crippen LogP contribution in [0.5, 0.6) is 5.88 Å². The van der Waals surface area contributed by atoms with Gasteiger partial charge in [0.1, 0.15) is 17.8 Å². The monoisotopic (exact) mass is 544 g/mol. The van der Waals surface area contributed by atoms with Crippen molar-refractivity contribution < 1.29 is 27.4 Å². The van der Waals surface area contributed by atoms with Crippen LogP contribution >= 0.6 is 11.3 Å². The lowest BCUT2D eigenvalue weighted by Gasteiger charge is -2.30. The van der Waals surface area contributed by atoms with Crippen LogP contribution in [0.4, 0.5) is 5.69 Å². The van der Waals surface area contributed by atoms with Crippen molar-refractivity contribution in [2.45, 2.75) is 30.2 Å². The molecule has 1 aliphatic carbocycles. The predicted octanol–water partition coefficient (Wildman–Crippen LogP) is 2.31. The molecular formula is C23H24N6O6S2. The summed E-state index contributed by atoms with van der Waals surface area (Å²) in [6, 6.07) is 2.45. The van der Waals surface area contributed by atoms with Gasteiger partial charge in [-0.05, 0) is 25.0 Å². The van der Waals surface area contributed by atoms with E-state index in [1.807, 2.05) is 0 Å². The molecule has 5 rings (SSSR count). The minimum absolute atomic E-state index is 0.194. The fourth-order valence-electron chi connectivity index (χ4n) is 3.67. The molecule has 3 aromatic heterocycles. The zero-order valence-corrected chi connectivity index (χ0v) is 21.2. The summed E-state index contributed by atoms with van der Waals surface area (Å²) in [6.45, 7) is 4.53. The molecule has 1 aliphatic heterocycles. The maximum atomic E-state index is 13.2. The summed E-state index contributed by atoms with van der Waals surface area (Å²) in [5.74, 6) is -0.183. The highest BCUT2D eigenvalue weighted by molar-refractivity contribution is 7.93. The summed E-state index contributed by atoms with van der Waals surface area (Å²) >= 11 is 1.13. The molecule has 0 unspecified atom stereocenters. The molecule has 0 aromatic carbocycles. The Bertz CT molecular complexity index is 1390. The Labute approximate surface area is 217 Å². The molecule has 0 radical (unpaired) electrons. The number of rotatable bonds is 10. The van der Waals surface area contributed by atoms with Crippen LogP contribution in [-0.2, 0) is 19.5 Å². The largest absolute Gasteiger partial charge is 0.446 e. The summed E-state index contributed by atoms with van der Waals surface area (Å²) in [5.41, 5.74) is 1.29. The lowest BCUT2D eigenvalue weighted by Crippen LogP contribution is -2.43. The summed E-state index contributed by atoms with van der Waals surface area (Å²) in [7, 11) is -3.46.